The van der Waals surface area contributed by atoms with E-state index in [0.29, 0.717) is 30.7 Å². The van der Waals surface area contributed by atoms with Crippen LogP contribution in [-0.2, 0) is 6.18 Å². The van der Waals surface area contributed by atoms with E-state index >= 15 is 4.39 Å². The lowest BCUT2D eigenvalue weighted by molar-refractivity contribution is -0.137. The van der Waals surface area contributed by atoms with Gasteiger partial charge in [-0.1, -0.05) is 12.1 Å². The lowest BCUT2D eigenvalue weighted by Gasteiger charge is -2.27. The van der Waals surface area contributed by atoms with Crippen molar-refractivity contribution in [2.75, 3.05) is 34.8 Å². The summed E-state index contributed by atoms with van der Waals surface area (Å²) in [7, 11) is 0. The minimum Gasteiger partial charge on any atom is -0.387 e. The molecule has 0 radical (unpaired) electrons. The number of nitrogens with one attached hydrogen (secondary N) is 1. The summed E-state index contributed by atoms with van der Waals surface area (Å²) in [4.78, 5) is 9.84. The maximum Gasteiger partial charge on any atom is 0.416 e. The summed E-state index contributed by atoms with van der Waals surface area (Å²) in [5.74, 6) is 0.955. The summed E-state index contributed by atoms with van der Waals surface area (Å²) in [6.07, 6.45) is -1.04. The first-order valence-electron chi connectivity index (χ1n) is 9.75. The summed E-state index contributed by atoms with van der Waals surface area (Å²) in [6, 6.07) is 4.72. The van der Waals surface area contributed by atoms with Crippen molar-refractivity contribution in [1.82, 2.24) is 9.97 Å². The first kappa shape index (κ1) is 21.2. The summed E-state index contributed by atoms with van der Waals surface area (Å²) in [5, 5.41) is 13.4. The van der Waals surface area contributed by atoms with Crippen LogP contribution in [0.15, 0.2) is 30.6 Å². The Morgan fingerprint density at radius 3 is 2.67 bits per heavy atom. The fraction of sp³-hybridized carbons (Fsp3) is 0.500. The standard InChI is InChI=1S/C20H22F4N4OS/c21-16-17(25-10-19(29)7-9-30-11-19)26-12-27-18(16)28-8-1-2-15(28)13-3-5-14(6-4-13)20(22,23)24/h3-6,12,15,29H,1-2,7-11H2,(H,25,26,27)/t15-,19?/m1/s1. The van der Waals surface area contributed by atoms with Crippen LogP contribution in [0.3, 0.4) is 0 Å². The number of aliphatic hydroxyl groups is 1. The second-order valence-corrected chi connectivity index (χ2v) is 8.82. The van der Waals surface area contributed by atoms with Crippen LogP contribution < -0.4 is 10.2 Å². The third-order valence-corrected chi connectivity index (χ3v) is 6.82. The third-order valence-electron chi connectivity index (χ3n) is 5.59. The van der Waals surface area contributed by atoms with Crippen LogP contribution >= 0.6 is 11.8 Å². The van der Waals surface area contributed by atoms with Gasteiger partial charge < -0.3 is 15.3 Å². The van der Waals surface area contributed by atoms with E-state index < -0.39 is 23.2 Å². The molecule has 2 saturated heterocycles. The summed E-state index contributed by atoms with van der Waals surface area (Å²) in [5.41, 5.74) is -0.914. The van der Waals surface area contributed by atoms with Crippen molar-refractivity contribution in [2.24, 2.45) is 0 Å². The molecule has 0 saturated carbocycles. The zero-order valence-electron chi connectivity index (χ0n) is 16.1. The molecule has 0 amide bonds. The quantitative estimate of drug-likeness (QED) is 0.675. The van der Waals surface area contributed by atoms with Gasteiger partial charge in [-0.15, -0.1) is 0 Å². The highest BCUT2D eigenvalue weighted by Gasteiger charge is 2.34. The Bertz CT molecular complexity index is 887. The molecule has 1 aromatic heterocycles. The van der Waals surface area contributed by atoms with Crippen LogP contribution in [-0.4, -0.2) is 45.3 Å². The fourth-order valence-corrected chi connectivity index (χ4v) is 5.22. The Kier molecular flexibility index (Phi) is 5.80. The monoisotopic (exact) mass is 442 g/mol. The highest BCUT2D eigenvalue weighted by atomic mass is 32.2. The first-order chi connectivity index (χ1) is 14.3. The van der Waals surface area contributed by atoms with Gasteiger partial charge >= 0.3 is 6.18 Å². The molecular weight excluding hydrogens is 420 g/mol. The molecule has 2 aliphatic rings. The van der Waals surface area contributed by atoms with Gasteiger partial charge in [0.25, 0.3) is 0 Å². The zero-order valence-corrected chi connectivity index (χ0v) is 16.9. The maximum absolute atomic E-state index is 15.2. The number of hydrogen-bond donors (Lipinski definition) is 2. The van der Waals surface area contributed by atoms with Crippen LogP contribution in [0.2, 0.25) is 0 Å². The highest BCUT2D eigenvalue weighted by molar-refractivity contribution is 7.99. The Hall–Kier alpha value is -2.07. The van der Waals surface area contributed by atoms with Gasteiger partial charge in [-0.05, 0) is 42.7 Å². The van der Waals surface area contributed by atoms with Crippen LogP contribution in [0.1, 0.15) is 36.4 Å². The molecule has 0 bridgehead atoms. The first-order valence-corrected chi connectivity index (χ1v) is 10.9. The number of aromatic nitrogens is 2. The summed E-state index contributed by atoms with van der Waals surface area (Å²) >= 11 is 1.65. The van der Waals surface area contributed by atoms with Crippen LogP contribution in [0, 0.1) is 5.82 Å². The molecule has 0 aliphatic carbocycles. The van der Waals surface area contributed by atoms with Crippen LogP contribution in [0.4, 0.5) is 29.2 Å². The van der Waals surface area contributed by atoms with E-state index in [-0.39, 0.29) is 24.2 Å². The lowest BCUT2D eigenvalue weighted by atomic mass is 10.0. The second kappa shape index (κ2) is 8.22. The zero-order chi connectivity index (χ0) is 21.4. The highest BCUT2D eigenvalue weighted by Crippen LogP contribution is 2.38. The fourth-order valence-electron chi connectivity index (χ4n) is 3.93. The van der Waals surface area contributed by atoms with Crippen LogP contribution in [0.5, 0.6) is 0 Å². The Morgan fingerprint density at radius 1 is 1.23 bits per heavy atom. The average molecular weight is 442 g/mol. The van der Waals surface area contributed by atoms with Crippen molar-refractivity contribution >= 4 is 23.4 Å². The summed E-state index contributed by atoms with van der Waals surface area (Å²) in [6.45, 7) is 0.731. The molecule has 2 fully saturated rings. The number of alkyl halides is 3. The molecule has 4 rings (SSSR count). The van der Waals surface area contributed by atoms with Crippen LogP contribution in [0.25, 0.3) is 0 Å². The van der Waals surface area contributed by atoms with Gasteiger partial charge in [0, 0.05) is 18.8 Å². The number of anilines is 2. The van der Waals surface area contributed by atoms with E-state index in [2.05, 4.69) is 15.3 Å². The van der Waals surface area contributed by atoms with E-state index in [0.717, 1.165) is 24.3 Å². The predicted molar refractivity (Wildman–Crippen MR) is 108 cm³/mol. The molecule has 2 N–H and O–H groups in total. The van der Waals surface area contributed by atoms with E-state index in [1.165, 1.54) is 18.5 Å². The van der Waals surface area contributed by atoms with Gasteiger partial charge in [-0.2, -0.15) is 29.3 Å². The number of nitrogens with zero attached hydrogens (tertiary/aromatic N) is 3. The Morgan fingerprint density at radius 2 is 2.00 bits per heavy atom. The van der Waals surface area contributed by atoms with Gasteiger partial charge in [-0.25, -0.2) is 9.97 Å². The van der Waals surface area contributed by atoms with Crippen molar-refractivity contribution in [3.05, 3.63) is 47.5 Å². The van der Waals surface area contributed by atoms with E-state index in [1.807, 2.05) is 0 Å². The summed E-state index contributed by atoms with van der Waals surface area (Å²) < 4.78 is 53.7. The normalized spacial score (nSPS) is 24.4. The Labute approximate surface area is 175 Å². The SMILES string of the molecule is OC1(CNc2ncnc(N3CCC[C@@H]3c3ccc(C(F)(F)F)cc3)c2F)CCSC1. The molecule has 162 valence electrons. The molecule has 2 aromatic rings. The van der Waals surface area contributed by atoms with Crippen molar-refractivity contribution < 1.29 is 22.7 Å². The van der Waals surface area contributed by atoms with E-state index in [1.54, 1.807) is 16.7 Å². The van der Waals surface area contributed by atoms with Gasteiger partial charge in [0.2, 0.25) is 5.82 Å². The van der Waals surface area contributed by atoms with Crippen molar-refractivity contribution in [2.45, 2.75) is 37.1 Å². The van der Waals surface area contributed by atoms with Crippen molar-refractivity contribution in [1.29, 1.82) is 0 Å². The molecular formula is C20H22F4N4OS. The molecule has 1 aromatic carbocycles. The number of thioether (sulfide) groups is 1. The molecule has 3 heterocycles. The van der Waals surface area contributed by atoms with Gasteiger partial charge in [-0.3, -0.25) is 0 Å². The molecule has 1 unspecified atom stereocenters. The number of halogens is 4. The molecule has 2 atom stereocenters. The van der Waals surface area contributed by atoms with Gasteiger partial charge in [0.1, 0.15) is 6.33 Å². The molecule has 10 heteroatoms. The van der Waals surface area contributed by atoms with E-state index in [9.17, 15) is 18.3 Å². The van der Waals surface area contributed by atoms with Crippen molar-refractivity contribution in [3.63, 3.8) is 0 Å². The van der Waals surface area contributed by atoms with Crippen molar-refractivity contribution in [3.8, 4) is 0 Å². The number of benzene rings is 1. The molecule has 2 aliphatic heterocycles. The number of hydrogen-bond acceptors (Lipinski definition) is 6. The third kappa shape index (κ3) is 4.34. The molecule has 30 heavy (non-hydrogen) atoms. The second-order valence-electron chi connectivity index (χ2n) is 7.71. The maximum atomic E-state index is 15.2. The molecule has 5 nitrogen and oxygen atoms in total. The lowest BCUT2D eigenvalue weighted by Crippen LogP contribution is -2.37. The smallest absolute Gasteiger partial charge is 0.387 e. The van der Waals surface area contributed by atoms with E-state index in [4.69, 9.17) is 0 Å². The largest absolute Gasteiger partial charge is 0.416 e. The topological polar surface area (TPSA) is 61.3 Å². The van der Waals surface area contributed by atoms with Gasteiger partial charge in [0.15, 0.2) is 11.6 Å². The average Bonchev–Trinajstić information content (AvgIpc) is 3.36. The minimum absolute atomic E-state index is 0.0170. The Balaban J connectivity index is 1.54. The minimum atomic E-state index is -4.39. The predicted octanol–water partition coefficient (Wildman–Crippen LogP) is 4.26. The molecule has 0 spiro atoms. The number of rotatable bonds is 5. The van der Waals surface area contributed by atoms with Gasteiger partial charge in [0.05, 0.1) is 17.2 Å².